The lowest BCUT2D eigenvalue weighted by atomic mass is 10.1. The van der Waals surface area contributed by atoms with E-state index in [1.807, 2.05) is 0 Å². The van der Waals surface area contributed by atoms with Crippen molar-refractivity contribution in [2.45, 2.75) is 18.0 Å². The second-order valence-corrected chi connectivity index (χ2v) is 9.51. The Kier molecular flexibility index (Phi) is 7.24. The minimum atomic E-state index is -1.66. The quantitative estimate of drug-likeness (QED) is 0.181. The third-order valence-corrected chi connectivity index (χ3v) is 7.29. The zero-order valence-electron chi connectivity index (χ0n) is 17.9. The van der Waals surface area contributed by atoms with E-state index >= 15 is 0 Å². The van der Waals surface area contributed by atoms with E-state index < -0.39 is 45.3 Å². The summed E-state index contributed by atoms with van der Waals surface area (Å²) in [4.78, 5) is 48.9. The lowest BCUT2D eigenvalue weighted by molar-refractivity contribution is -0.384. The van der Waals surface area contributed by atoms with Gasteiger partial charge < -0.3 is 19.3 Å². The molecule has 2 aliphatic heterocycles. The fourth-order valence-electron chi connectivity index (χ4n) is 3.53. The fraction of sp³-hybridized carbons (Fsp3) is 0.227. The SMILES string of the molecule is O=C(COc1ccccc1)NC1C(=O)N2C(C(=O)OCc3ccc([N+](=O)[O-])cc3)=C(Cl)C[S+]([O-])[C@@H]12. The number of nitrogens with one attached hydrogen (secondary N) is 1. The topological polar surface area (TPSA) is 151 Å². The normalized spacial score (nSPS) is 21.0. The first-order valence-corrected chi connectivity index (χ1v) is 12.0. The molecule has 1 saturated heterocycles. The van der Waals surface area contributed by atoms with Crippen LogP contribution in [0.4, 0.5) is 5.69 Å². The predicted molar refractivity (Wildman–Crippen MR) is 123 cm³/mol. The number of amides is 2. The molecule has 35 heavy (non-hydrogen) atoms. The molecule has 0 aliphatic carbocycles. The van der Waals surface area contributed by atoms with Crippen molar-refractivity contribution >= 4 is 46.2 Å². The molecule has 1 N–H and O–H groups in total. The molecule has 2 unspecified atom stereocenters. The van der Waals surface area contributed by atoms with Crippen LogP contribution in [0.2, 0.25) is 0 Å². The fourth-order valence-corrected chi connectivity index (χ4v) is 5.51. The number of nitro groups is 1. The Labute approximate surface area is 207 Å². The highest BCUT2D eigenvalue weighted by Gasteiger charge is 2.61. The predicted octanol–water partition coefficient (Wildman–Crippen LogP) is 1.58. The van der Waals surface area contributed by atoms with Crippen molar-refractivity contribution in [1.82, 2.24) is 10.2 Å². The maximum absolute atomic E-state index is 12.8. The van der Waals surface area contributed by atoms with Crippen LogP contribution in [0.3, 0.4) is 0 Å². The number of rotatable bonds is 8. The van der Waals surface area contributed by atoms with Gasteiger partial charge in [0.15, 0.2) is 18.3 Å². The minimum Gasteiger partial charge on any atom is -0.614 e. The first kappa shape index (κ1) is 24.5. The van der Waals surface area contributed by atoms with E-state index in [1.54, 1.807) is 30.3 Å². The number of esters is 1. The molecule has 2 amide bonds. The van der Waals surface area contributed by atoms with Crippen LogP contribution < -0.4 is 10.1 Å². The number of nitro benzene ring substituents is 1. The number of carbonyl (C=O) groups excluding carboxylic acids is 3. The molecule has 3 atom stereocenters. The number of hydrogen-bond donors (Lipinski definition) is 1. The highest BCUT2D eigenvalue weighted by molar-refractivity contribution is 7.92. The van der Waals surface area contributed by atoms with Gasteiger partial charge in [-0.3, -0.25) is 24.6 Å². The van der Waals surface area contributed by atoms with Crippen molar-refractivity contribution in [3.05, 3.63) is 81.0 Å². The summed E-state index contributed by atoms with van der Waals surface area (Å²) in [5.41, 5.74) is 0.126. The molecule has 0 spiro atoms. The maximum atomic E-state index is 12.8. The Morgan fingerprint density at radius 2 is 1.86 bits per heavy atom. The number of non-ortho nitro benzene ring substituents is 1. The van der Waals surface area contributed by atoms with Gasteiger partial charge in [-0.2, -0.15) is 0 Å². The van der Waals surface area contributed by atoms with Gasteiger partial charge in [0.1, 0.15) is 18.1 Å². The van der Waals surface area contributed by atoms with Crippen LogP contribution in [0.15, 0.2) is 65.3 Å². The molecule has 0 radical (unpaired) electrons. The molecular weight excluding hydrogens is 502 g/mol. The smallest absolute Gasteiger partial charge is 0.356 e. The van der Waals surface area contributed by atoms with E-state index in [9.17, 15) is 29.1 Å². The average molecular weight is 520 g/mol. The Bertz CT molecular complexity index is 1190. The van der Waals surface area contributed by atoms with Crippen molar-refractivity contribution in [1.29, 1.82) is 0 Å². The van der Waals surface area contributed by atoms with Crippen LogP contribution in [-0.4, -0.2) is 55.9 Å². The van der Waals surface area contributed by atoms with Crippen molar-refractivity contribution in [3.8, 4) is 5.75 Å². The van der Waals surface area contributed by atoms with E-state index in [0.717, 1.165) is 4.90 Å². The van der Waals surface area contributed by atoms with Crippen molar-refractivity contribution < 1.29 is 33.3 Å². The third kappa shape index (κ3) is 5.24. The summed E-state index contributed by atoms with van der Waals surface area (Å²) in [6.07, 6.45) is 0. The summed E-state index contributed by atoms with van der Waals surface area (Å²) >= 11 is 4.49. The first-order chi connectivity index (χ1) is 16.8. The summed E-state index contributed by atoms with van der Waals surface area (Å²) in [7, 11) is 0. The third-order valence-electron chi connectivity index (χ3n) is 5.22. The Balaban J connectivity index is 1.38. The van der Waals surface area contributed by atoms with Crippen molar-refractivity contribution in [3.63, 3.8) is 0 Å². The summed E-state index contributed by atoms with van der Waals surface area (Å²) in [6, 6.07) is 12.9. The summed E-state index contributed by atoms with van der Waals surface area (Å²) in [5, 5.41) is 12.2. The van der Waals surface area contributed by atoms with Gasteiger partial charge in [0.25, 0.3) is 17.5 Å². The van der Waals surface area contributed by atoms with Crippen LogP contribution in [-0.2, 0) is 36.9 Å². The number of carbonyl (C=O) groups is 3. The van der Waals surface area contributed by atoms with Gasteiger partial charge in [-0.15, -0.1) is 0 Å². The van der Waals surface area contributed by atoms with Gasteiger partial charge in [0.2, 0.25) is 5.37 Å². The second kappa shape index (κ2) is 10.3. The number of β-lactam (4-membered cyclic amide) rings is 1. The van der Waals surface area contributed by atoms with Crippen molar-refractivity contribution in [2.24, 2.45) is 0 Å². The Morgan fingerprint density at radius 3 is 2.51 bits per heavy atom. The number of halogens is 1. The van der Waals surface area contributed by atoms with E-state index in [0.29, 0.717) is 11.3 Å². The molecule has 1 fully saturated rings. The van der Waals surface area contributed by atoms with E-state index in [-0.39, 0.29) is 35.4 Å². The monoisotopic (exact) mass is 519 g/mol. The lowest BCUT2D eigenvalue weighted by Gasteiger charge is -2.48. The molecule has 4 rings (SSSR count). The van der Waals surface area contributed by atoms with Gasteiger partial charge >= 0.3 is 5.97 Å². The van der Waals surface area contributed by atoms with E-state index in [4.69, 9.17) is 21.1 Å². The van der Waals surface area contributed by atoms with Crippen LogP contribution >= 0.6 is 11.6 Å². The standard InChI is InChI=1S/C22H18ClN3O8S/c23-16-12-35(32)21-18(24-17(27)11-33-15-4-2-1-3-5-15)20(28)25(21)19(16)22(29)34-10-13-6-8-14(9-7-13)26(30)31/h1-9,18,21H,10-12H2,(H,24,27)/t18?,21-,35?/m0/s1. The number of ether oxygens (including phenoxy) is 2. The van der Waals surface area contributed by atoms with Gasteiger partial charge in [-0.05, 0) is 41.0 Å². The molecular formula is C22H18ClN3O8S. The second-order valence-electron chi connectivity index (χ2n) is 7.52. The molecule has 2 aromatic carbocycles. The lowest BCUT2D eigenvalue weighted by Crippen LogP contribution is -2.74. The van der Waals surface area contributed by atoms with Gasteiger partial charge in [-0.25, -0.2) is 4.79 Å². The number of para-hydroxylation sites is 1. The first-order valence-electron chi connectivity index (χ1n) is 10.2. The molecule has 2 aromatic rings. The molecule has 0 saturated carbocycles. The average Bonchev–Trinajstić information content (AvgIpc) is 2.85. The van der Waals surface area contributed by atoms with Crippen LogP contribution in [0.25, 0.3) is 0 Å². The molecule has 0 aromatic heterocycles. The summed E-state index contributed by atoms with van der Waals surface area (Å²) in [6.45, 7) is -0.578. The highest BCUT2D eigenvalue weighted by Crippen LogP contribution is 2.38. The van der Waals surface area contributed by atoms with Crippen LogP contribution in [0.5, 0.6) is 5.75 Å². The number of benzene rings is 2. The van der Waals surface area contributed by atoms with Gasteiger partial charge in [0.05, 0.1) is 9.96 Å². The zero-order chi connectivity index (χ0) is 25.1. The Hall–Kier alpha value is -3.61. The zero-order valence-corrected chi connectivity index (χ0v) is 19.5. The molecule has 2 aliphatic rings. The van der Waals surface area contributed by atoms with Gasteiger partial charge in [-0.1, -0.05) is 29.8 Å². The van der Waals surface area contributed by atoms with Gasteiger partial charge in [0, 0.05) is 12.1 Å². The minimum absolute atomic E-state index is 0.0983. The molecule has 13 heteroatoms. The molecule has 11 nitrogen and oxygen atoms in total. The van der Waals surface area contributed by atoms with E-state index in [1.165, 1.54) is 24.3 Å². The number of nitrogens with zero attached hydrogens (tertiary/aromatic N) is 2. The summed E-state index contributed by atoms with van der Waals surface area (Å²) in [5.74, 6) is -1.88. The number of hydrogen-bond acceptors (Lipinski definition) is 8. The maximum Gasteiger partial charge on any atom is 0.356 e. The van der Waals surface area contributed by atoms with Crippen molar-refractivity contribution in [2.75, 3.05) is 12.4 Å². The van der Waals surface area contributed by atoms with E-state index in [2.05, 4.69) is 5.32 Å². The largest absolute Gasteiger partial charge is 0.614 e. The molecule has 182 valence electrons. The molecule has 2 heterocycles. The highest BCUT2D eigenvalue weighted by atomic mass is 35.5. The van der Waals surface area contributed by atoms with Crippen LogP contribution in [0.1, 0.15) is 5.56 Å². The number of fused-ring (bicyclic) bond motifs is 1. The summed E-state index contributed by atoms with van der Waals surface area (Å²) < 4.78 is 23.2. The molecule has 0 bridgehead atoms. The van der Waals surface area contributed by atoms with Crippen LogP contribution in [0, 0.1) is 10.1 Å². The Morgan fingerprint density at radius 1 is 1.17 bits per heavy atom.